The number of nitrogens with zero attached hydrogens (tertiary/aromatic N) is 4. The summed E-state index contributed by atoms with van der Waals surface area (Å²) in [5.41, 5.74) is 0.371. The number of hydrogen-bond donors (Lipinski definition) is 2. The molecule has 1 aliphatic heterocycles. The summed E-state index contributed by atoms with van der Waals surface area (Å²) in [5, 5.41) is 14.8. The second kappa shape index (κ2) is 7.59. The second-order valence-corrected chi connectivity index (χ2v) is 5.78. The van der Waals surface area contributed by atoms with E-state index >= 15 is 0 Å². The first-order valence-corrected chi connectivity index (χ1v) is 7.60. The molecule has 0 aromatic carbocycles. The molecule has 1 aromatic rings. The van der Waals surface area contributed by atoms with Crippen LogP contribution in [-0.2, 0) is 0 Å². The minimum atomic E-state index is -0.113. The molecule has 2 heterocycles. The Bertz CT molecular complexity index is 545. The van der Waals surface area contributed by atoms with Gasteiger partial charge in [-0.2, -0.15) is 5.26 Å². The number of amides is 2. The van der Waals surface area contributed by atoms with Crippen molar-refractivity contribution in [3.63, 3.8) is 0 Å². The van der Waals surface area contributed by atoms with Gasteiger partial charge in [0, 0.05) is 38.1 Å². The van der Waals surface area contributed by atoms with Crippen LogP contribution in [-0.4, -0.2) is 41.7 Å². The molecule has 0 bridgehead atoms. The molecule has 2 amide bonds. The lowest BCUT2D eigenvalue weighted by Crippen LogP contribution is -2.44. The number of piperidine rings is 1. The van der Waals surface area contributed by atoms with E-state index in [9.17, 15) is 4.79 Å². The van der Waals surface area contributed by atoms with Crippen molar-refractivity contribution in [2.45, 2.75) is 32.7 Å². The average Bonchev–Trinajstić information content (AvgIpc) is 2.53. The molecule has 2 rings (SSSR count). The summed E-state index contributed by atoms with van der Waals surface area (Å²) >= 11 is 0. The molecule has 1 aliphatic rings. The lowest BCUT2D eigenvalue weighted by molar-refractivity contribution is 0.235. The van der Waals surface area contributed by atoms with Crippen molar-refractivity contribution in [3.8, 4) is 6.07 Å². The smallest absolute Gasteiger partial charge is 0.314 e. The minimum Gasteiger partial charge on any atom is -0.354 e. The van der Waals surface area contributed by atoms with E-state index in [-0.39, 0.29) is 12.1 Å². The fourth-order valence-corrected chi connectivity index (χ4v) is 2.54. The van der Waals surface area contributed by atoms with Crippen LogP contribution in [0.25, 0.3) is 0 Å². The van der Waals surface area contributed by atoms with E-state index in [4.69, 9.17) is 5.26 Å². The van der Waals surface area contributed by atoms with Crippen LogP contribution in [0.4, 0.5) is 10.6 Å². The number of nitriles is 1. The molecular weight excluding hydrogens is 280 g/mol. The summed E-state index contributed by atoms with van der Waals surface area (Å²) in [5.74, 6) is 1.12. The van der Waals surface area contributed by atoms with Gasteiger partial charge in [-0.05, 0) is 32.6 Å². The van der Waals surface area contributed by atoms with Crippen molar-refractivity contribution in [2.75, 3.05) is 24.5 Å². The van der Waals surface area contributed by atoms with Crippen molar-refractivity contribution < 1.29 is 4.79 Å². The topological polar surface area (TPSA) is 93.9 Å². The highest BCUT2D eigenvalue weighted by molar-refractivity contribution is 5.74. The van der Waals surface area contributed by atoms with Crippen LogP contribution in [0.3, 0.4) is 0 Å². The number of nitrogens with one attached hydrogen (secondary N) is 2. The van der Waals surface area contributed by atoms with Gasteiger partial charge < -0.3 is 15.5 Å². The van der Waals surface area contributed by atoms with Crippen LogP contribution >= 0.6 is 0 Å². The van der Waals surface area contributed by atoms with Crippen LogP contribution in [0.15, 0.2) is 12.4 Å². The Hall–Kier alpha value is -2.36. The Morgan fingerprint density at radius 3 is 2.73 bits per heavy atom. The van der Waals surface area contributed by atoms with E-state index in [1.807, 2.05) is 13.8 Å². The molecule has 22 heavy (non-hydrogen) atoms. The number of aromatic nitrogens is 2. The zero-order chi connectivity index (χ0) is 15.9. The molecule has 0 unspecified atom stereocenters. The van der Waals surface area contributed by atoms with Crippen LogP contribution in [0, 0.1) is 17.2 Å². The third-order valence-corrected chi connectivity index (χ3v) is 3.67. The predicted octanol–water partition coefficient (Wildman–Crippen LogP) is 1.27. The highest BCUT2D eigenvalue weighted by atomic mass is 16.2. The number of rotatable bonds is 4. The highest BCUT2D eigenvalue weighted by Gasteiger charge is 2.22. The van der Waals surface area contributed by atoms with E-state index in [0.717, 1.165) is 25.9 Å². The molecule has 0 aliphatic carbocycles. The molecule has 7 heteroatoms. The molecule has 0 spiro atoms. The number of anilines is 1. The van der Waals surface area contributed by atoms with Gasteiger partial charge in [-0.15, -0.1) is 0 Å². The van der Waals surface area contributed by atoms with Crippen LogP contribution in [0.2, 0.25) is 0 Å². The van der Waals surface area contributed by atoms with Crippen LogP contribution in [0.5, 0.6) is 0 Å². The summed E-state index contributed by atoms with van der Waals surface area (Å²) in [6.07, 6.45) is 5.07. The van der Waals surface area contributed by atoms with Crippen molar-refractivity contribution in [1.82, 2.24) is 20.6 Å². The summed E-state index contributed by atoms with van der Waals surface area (Å²) in [6, 6.07) is 2.11. The van der Waals surface area contributed by atoms with Gasteiger partial charge in [-0.1, -0.05) is 0 Å². The summed E-state index contributed by atoms with van der Waals surface area (Å²) < 4.78 is 0. The molecule has 2 N–H and O–H groups in total. The normalized spacial score (nSPS) is 15.5. The molecule has 0 atom stereocenters. The lowest BCUT2D eigenvalue weighted by atomic mass is 9.97. The Morgan fingerprint density at radius 1 is 1.41 bits per heavy atom. The first-order valence-electron chi connectivity index (χ1n) is 7.60. The maximum Gasteiger partial charge on any atom is 0.314 e. The Labute approximate surface area is 130 Å². The molecule has 1 aromatic heterocycles. The average molecular weight is 302 g/mol. The highest BCUT2D eigenvalue weighted by Crippen LogP contribution is 2.22. The number of hydrogen-bond acceptors (Lipinski definition) is 5. The van der Waals surface area contributed by atoms with Crippen molar-refractivity contribution in [2.24, 2.45) is 5.92 Å². The van der Waals surface area contributed by atoms with Crippen molar-refractivity contribution in [1.29, 1.82) is 5.26 Å². The summed E-state index contributed by atoms with van der Waals surface area (Å²) in [6.45, 7) is 6.20. The van der Waals surface area contributed by atoms with Gasteiger partial charge in [-0.25, -0.2) is 14.8 Å². The monoisotopic (exact) mass is 302 g/mol. The van der Waals surface area contributed by atoms with Gasteiger partial charge in [0.05, 0.1) is 0 Å². The van der Waals surface area contributed by atoms with Gasteiger partial charge in [0.2, 0.25) is 0 Å². The SMILES string of the molecule is CC(C)NC(=O)NCC1CCN(c2nccnc2C#N)CC1. The molecule has 1 fully saturated rings. The van der Waals surface area contributed by atoms with E-state index in [0.29, 0.717) is 24.0 Å². The zero-order valence-electron chi connectivity index (χ0n) is 13.0. The Morgan fingerprint density at radius 2 is 2.09 bits per heavy atom. The molecule has 1 saturated heterocycles. The first kappa shape index (κ1) is 16.0. The summed E-state index contributed by atoms with van der Waals surface area (Å²) in [7, 11) is 0. The fourth-order valence-electron chi connectivity index (χ4n) is 2.54. The molecule has 118 valence electrons. The quantitative estimate of drug-likeness (QED) is 0.873. The van der Waals surface area contributed by atoms with Gasteiger partial charge in [0.1, 0.15) is 6.07 Å². The van der Waals surface area contributed by atoms with Crippen LogP contribution < -0.4 is 15.5 Å². The largest absolute Gasteiger partial charge is 0.354 e. The maximum absolute atomic E-state index is 11.6. The minimum absolute atomic E-state index is 0.113. The standard InChI is InChI=1S/C15H22N6O/c1-11(2)20-15(22)19-10-12-3-7-21(8-4-12)14-13(9-16)17-5-6-18-14/h5-6,11-12H,3-4,7-8,10H2,1-2H3,(H2,19,20,22). The van der Waals surface area contributed by atoms with Crippen molar-refractivity contribution >= 4 is 11.8 Å². The molecule has 0 saturated carbocycles. The lowest BCUT2D eigenvalue weighted by Gasteiger charge is -2.32. The number of urea groups is 1. The van der Waals surface area contributed by atoms with E-state index in [1.54, 1.807) is 6.20 Å². The van der Waals surface area contributed by atoms with Gasteiger partial charge in [0.15, 0.2) is 11.5 Å². The van der Waals surface area contributed by atoms with E-state index in [2.05, 4.69) is 31.6 Å². The van der Waals surface area contributed by atoms with Crippen molar-refractivity contribution in [3.05, 3.63) is 18.1 Å². The van der Waals surface area contributed by atoms with E-state index < -0.39 is 0 Å². The Balaban J connectivity index is 1.81. The van der Waals surface area contributed by atoms with Crippen LogP contribution in [0.1, 0.15) is 32.4 Å². The van der Waals surface area contributed by atoms with Gasteiger partial charge >= 0.3 is 6.03 Å². The zero-order valence-corrected chi connectivity index (χ0v) is 13.0. The molecular formula is C15H22N6O. The number of carbonyl (C=O) groups is 1. The third kappa shape index (κ3) is 4.32. The number of carbonyl (C=O) groups excluding carboxylic acids is 1. The second-order valence-electron chi connectivity index (χ2n) is 5.78. The summed E-state index contributed by atoms with van der Waals surface area (Å²) in [4.78, 5) is 22.0. The van der Waals surface area contributed by atoms with E-state index in [1.165, 1.54) is 6.20 Å². The predicted molar refractivity (Wildman–Crippen MR) is 83.4 cm³/mol. The Kier molecular flexibility index (Phi) is 5.53. The van der Waals surface area contributed by atoms with Gasteiger partial charge in [0.25, 0.3) is 0 Å². The third-order valence-electron chi connectivity index (χ3n) is 3.67. The molecule has 0 radical (unpaired) electrons. The molecule has 7 nitrogen and oxygen atoms in total. The van der Waals surface area contributed by atoms with Gasteiger partial charge in [-0.3, -0.25) is 0 Å². The fraction of sp³-hybridized carbons (Fsp3) is 0.600. The first-order chi connectivity index (χ1) is 10.6. The maximum atomic E-state index is 11.6.